The molecule has 0 radical (unpaired) electrons. The van der Waals surface area contributed by atoms with Gasteiger partial charge in [-0.1, -0.05) is 12.1 Å². The van der Waals surface area contributed by atoms with Gasteiger partial charge in [-0.2, -0.15) is 0 Å². The highest BCUT2D eigenvalue weighted by atomic mass is 127. The molecule has 25 heavy (non-hydrogen) atoms. The lowest BCUT2D eigenvalue weighted by atomic mass is 10.1. The molecule has 6 heteroatoms. The van der Waals surface area contributed by atoms with Gasteiger partial charge in [-0.3, -0.25) is 9.59 Å². The molecule has 0 bridgehead atoms. The summed E-state index contributed by atoms with van der Waals surface area (Å²) in [6.07, 6.45) is 1.16. The lowest BCUT2D eigenvalue weighted by Crippen LogP contribution is -2.21. The average molecular weight is 452 g/mol. The van der Waals surface area contributed by atoms with Crippen LogP contribution in [0.4, 0.5) is 5.69 Å². The van der Waals surface area contributed by atoms with E-state index in [1.807, 2.05) is 24.3 Å². The topological polar surface area (TPSA) is 58.6 Å². The highest BCUT2D eigenvalue weighted by Gasteiger charge is 2.10. The molecule has 0 aromatic heterocycles. The first-order valence-corrected chi connectivity index (χ1v) is 8.92. The Morgan fingerprint density at radius 2 is 1.80 bits per heavy atom. The van der Waals surface area contributed by atoms with Crippen LogP contribution in [0.1, 0.15) is 22.3 Å². The van der Waals surface area contributed by atoms with Crippen LogP contribution in [0.25, 0.3) is 0 Å². The molecule has 0 heterocycles. The normalized spacial score (nSPS) is 10.2. The van der Waals surface area contributed by atoms with Crippen LogP contribution in [-0.2, 0) is 11.2 Å². The maximum absolute atomic E-state index is 12.3. The largest absolute Gasteiger partial charge is 0.496 e. The van der Waals surface area contributed by atoms with Crippen LogP contribution in [0, 0.1) is 3.57 Å². The number of halogens is 1. The van der Waals surface area contributed by atoms with Crippen LogP contribution in [0.5, 0.6) is 5.75 Å². The van der Waals surface area contributed by atoms with Crippen LogP contribution >= 0.6 is 22.6 Å². The number of methoxy groups -OCH3 is 1. The Balaban J connectivity index is 1.97. The Morgan fingerprint density at radius 1 is 1.12 bits per heavy atom. The summed E-state index contributed by atoms with van der Waals surface area (Å²) in [5.74, 6) is 0.677. The molecule has 0 saturated heterocycles. The molecule has 0 spiro atoms. The zero-order valence-corrected chi connectivity index (χ0v) is 16.7. The fraction of sp³-hybridized carbons (Fsp3) is 0.263. The van der Waals surface area contributed by atoms with E-state index in [0.29, 0.717) is 18.4 Å². The van der Waals surface area contributed by atoms with Crippen molar-refractivity contribution in [2.75, 3.05) is 26.5 Å². The van der Waals surface area contributed by atoms with Crippen molar-refractivity contribution in [1.82, 2.24) is 4.90 Å². The van der Waals surface area contributed by atoms with Crippen molar-refractivity contribution in [3.05, 3.63) is 57.2 Å². The van der Waals surface area contributed by atoms with Crippen molar-refractivity contribution in [1.29, 1.82) is 0 Å². The van der Waals surface area contributed by atoms with Gasteiger partial charge in [0.25, 0.3) is 5.91 Å². The first-order valence-electron chi connectivity index (χ1n) is 7.84. The molecule has 0 saturated carbocycles. The van der Waals surface area contributed by atoms with Gasteiger partial charge >= 0.3 is 0 Å². The van der Waals surface area contributed by atoms with Gasteiger partial charge in [0.15, 0.2) is 0 Å². The number of benzene rings is 2. The third-order valence-electron chi connectivity index (χ3n) is 3.75. The summed E-state index contributed by atoms with van der Waals surface area (Å²) in [7, 11) is 5.10. The molecule has 0 aliphatic heterocycles. The molecule has 2 aromatic carbocycles. The van der Waals surface area contributed by atoms with E-state index >= 15 is 0 Å². The van der Waals surface area contributed by atoms with E-state index in [1.54, 1.807) is 44.3 Å². The zero-order valence-electron chi connectivity index (χ0n) is 14.5. The number of aryl methyl sites for hydroxylation is 1. The highest BCUT2D eigenvalue weighted by Crippen LogP contribution is 2.22. The van der Waals surface area contributed by atoms with Crippen LogP contribution in [0.2, 0.25) is 0 Å². The fourth-order valence-electron chi connectivity index (χ4n) is 2.24. The second kappa shape index (κ2) is 8.84. The first kappa shape index (κ1) is 19.2. The molecule has 5 nitrogen and oxygen atoms in total. The predicted molar refractivity (Wildman–Crippen MR) is 107 cm³/mol. The number of ether oxygens (including phenoxy) is 1. The summed E-state index contributed by atoms with van der Waals surface area (Å²) in [6.45, 7) is 0. The van der Waals surface area contributed by atoms with E-state index in [1.165, 1.54) is 0 Å². The Labute approximate surface area is 161 Å². The van der Waals surface area contributed by atoms with E-state index in [-0.39, 0.29) is 11.8 Å². The maximum Gasteiger partial charge on any atom is 0.255 e. The average Bonchev–Trinajstić information content (AvgIpc) is 2.60. The van der Waals surface area contributed by atoms with E-state index in [0.717, 1.165) is 20.6 Å². The summed E-state index contributed by atoms with van der Waals surface area (Å²) in [5, 5.41) is 2.87. The number of amides is 2. The molecule has 2 rings (SSSR count). The van der Waals surface area contributed by atoms with E-state index in [9.17, 15) is 9.59 Å². The SMILES string of the molecule is COc1ccc(C(=O)Nc2ccc(CCC(=O)N(C)C)cc2)cc1I. The number of anilines is 1. The Kier molecular flexibility index (Phi) is 6.81. The molecule has 0 aliphatic carbocycles. The third kappa shape index (κ3) is 5.45. The van der Waals surface area contributed by atoms with Crippen molar-refractivity contribution in [3.8, 4) is 5.75 Å². The van der Waals surface area contributed by atoms with Crippen molar-refractivity contribution < 1.29 is 14.3 Å². The van der Waals surface area contributed by atoms with Gasteiger partial charge in [-0.25, -0.2) is 0 Å². The minimum atomic E-state index is -0.170. The van der Waals surface area contributed by atoms with Crippen LogP contribution in [-0.4, -0.2) is 37.9 Å². The smallest absolute Gasteiger partial charge is 0.255 e. The number of hydrogen-bond donors (Lipinski definition) is 1. The minimum Gasteiger partial charge on any atom is -0.496 e. The Morgan fingerprint density at radius 3 is 2.36 bits per heavy atom. The summed E-state index contributed by atoms with van der Waals surface area (Å²) < 4.78 is 6.08. The van der Waals surface area contributed by atoms with Crippen molar-refractivity contribution in [3.63, 3.8) is 0 Å². The molecular formula is C19H21IN2O3. The number of nitrogens with zero attached hydrogens (tertiary/aromatic N) is 1. The quantitative estimate of drug-likeness (QED) is 0.682. The second-order valence-electron chi connectivity index (χ2n) is 5.79. The summed E-state index contributed by atoms with van der Waals surface area (Å²) >= 11 is 2.14. The molecule has 1 N–H and O–H groups in total. The molecular weight excluding hydrogens is 431 g/mol. The van der Waals surface area contributed by atoms with Crippen molar-refractivity contribution in [2.24, 2.45) is 0 Å². The Hall–Kier alpha value is -2.09. The number of hydrogen-bond acceptors (Lipinski definition) is 3. The fourth-order valence-corrected chi connectivity index (χ4v) is 2.98. The van der Waals surface area contributed by atoms with Gasteiger partial charge in [0.05, 0.1) is 10.7 Å². The number of carbonyl (C=O) groups is 2. The minimum absolute atomic E-state index is 0.103. The molecule has 0 fully saturated rings. The number of nitrogens with one attached hydrogen (secondary N) is 1. The van der Waals surface area contributed by atoms with Gasteiger partial charge in [0.2, 0.25) is 5.91 Å². The van der Waals surface area contributed by atoms with Gasteiger partial charge < -0.3 is 15.0 Å². The lowest BCUT2D eigenvalue weighted by Gasteiger charge is -2.10. The molecule has 0 atom stereocenters. The molecule has 0 unspecified atom stereocenters. The van der Waals surface area contributed by atoms with Gasteiger partial charge in [-0.05, 0) is 64.9 Å². The van der Waals surface area contributed by atoms with E-state index < -0.39 is 0 Å². The second-order valence-corrected chi connectivity index (χ2v) is 6.95. The third-order valence-corrected chi connectivity index (χ3v) is 4.60. The molecule has 0 aliphatic rings. The number of carbonyl (C=O) groups excluding carboxylic acids is 2. The van der Waals surface area contributed by atoms with Crippen LogP contribution in [0.15, 0.2) is 42.5 Å². The molecule has 132 valence electrons. The zero-order chi connectivity index (χ0) is 18.4. The highest BCUT2D eigenvalue weighted by molar-refractivity contribution is 14.1. The van der Waals surface area contributed by atoms with Gasteiger partial charge in [0.1, 0.15) is 5.75 Å². The monoisotopic (exact) mass is 452 g/mol. The standard InChI is InChI=1S/C19H21IN2O3/c1-22(2)18(23)11-6-13-4-8-15(9-5-13)21-19(24)14-7-10-17(25-3)16(20)12-14/h4-5,7-10,12H,6,11H2,1-3H3,(H,21,24). The molecule has 2 aromatic rings. The number of rotatable bonds is 6. The van der Waals surface area contributed by atoms with Crippen LogP contribution < -0.4 is 10.1 Å². The summed E-state index contributed by atoms with van der Waals surface area (Å²) in [4.78, 5) is 25.5. The van der Waals surface area contributed by atoms with Crippen molar-refractivity contribution in [2.45, 2.75) is 12.8 Å². The first-order chi connectivity index (χ1) is 11.9. The van der Waals surface area contributed by atoms with E-state index in [4.69, 9.17) is 4.74 Å². The predicted octanol–water partition coefficient (Wildman–Crippen LogP) is 3.57. The van der Waals surface area contributed by atoms with E-state index in [2.05, 4.69) is 27.9 Å². The molecule has 2 amide bonds. The maximum atomic E-state index is 12.3. The lowest BCUT2D eigenvalue weighted by molar-refractivity contribution is -0.128. The summed E-state index contributed by atoms with van der Waals surface area (Å²) in [5.41, 5.74) is 2.36. The summed E-state index contributed by atoms with van der Waals surface area (Å²) in [6, 6.07) is 12.9. The van der Waals surface area contributed by atoms with Gasteiger partial charge in [0, 0.05) is 31.8 Å². The van der Waals surface area contributed by atoms with Crippen molar-refractivity contribution >= 4 is 40.1 Å². The van der Waals surface area contributed by atoms with Gasteiger partial charge in [-0.15, -0.1) is 0 Å². The van der Waals surface area contributed by atoms with Crippen LogP contribution in [0.3, 0.4) is 0 Å². The Bertz CT molecular complexity index is 758.